The van der Waals surface area contributed by atoms with Gasteiger partial charge in [0, 0.05) is 37.8 Å². The molecule has 0 atom stereocenters. The molecule has 1 aliphatic heterocycles. The van der Waals surface area contributed by atoms with Crippen molar-refractivity contribution in [2.24, 2.45) is 0 Å². The third kappa shape index (κ3) is 3.73. The van der Waals surface area contributed by atoms with Crippen molar-refractivity contribution in [1.29, 1.82) is 0 Å². The van der Waals surface area contributed by atoms with Gasteiger partial charge in [-0.15, -0.1) is 11.3 Å². The molecule has 0 spiro atoms. The van der Waals surface area contributed by atoms with Gasteiger partial charge in [0.1, 0.15) is 0 Å². The van der Waals surface area contributed by atoms with Gasteiger partial charge in [-0.2, -0.15) is 4.31 Å². The number of anilines is 1. The van der Waals surface area contributed by atoms with E-state index in [9.17, 15) is 8.42 Å². The number of piperazine rings is 1. The summed E-state index contributed by atoms with van der Waals surface area (Å²) in [7, 11) is -3.48. The summed E-state index contributed by atoms with van der Waals surface area (Å²) >= 11 is 1.59. The second kappa shape index (κ2) is 6.70. The quantitative estimate of drug-likeness (QED) is 0.821. The zero-order chi connectivity index (χ0) is 18.2. The molecular formula is C18H25N3O2S2. The monoisotopic (exact) mass is 379 g/mol. The normalized spacial score (nSPS) is 17.0. The van der Waals surface area contributed by atoms with Crippen molar-refractivity contribution in [3.63, 3.8) is 0 Å². The lowest BCUT2D eigenvalue weighted by Gasteiger charge is -2.34. The van der Waals surface area contributed by atoms with E-state index in [0.717, 1.165) is 16.3 Å². The maximum Gasteiger partial charge on any atom is 0.243 e. The van der Waals surface area contributed by atoms with Crippen LogP contribution in [0.3, 0.4) is 0 Å². The Morgan fingerprint density at radius 1 is 1.12 bits per heavy atom. The first-order valence-electron chi connectivity index (χ1n) is 8.45. The van der Waals surface area contributed by atoms with Gasteiger partial charge in [0.05, 0.1) is 4.90 Å². The highest BCUT2D eigenvalue weighted by Gasteiger charge is 2.31. The summed E-state index contributed by atoms with van der Waals surface area (Å²) in [4.78, 5) is 6.90. The van der Waals surface area contributed by atoms with Crippen molar-refractivity contribution < 1.29 is 8.42 Å². The van der Waals surface area contributed by atoms with E-state index in [4.69, 9.17) is 0 Å². The summed E-state index contributed by atoms with van der Waals surface area (Å²) in [6.45, 7) is 10.5. The van der Waals surface area contributed by atoms with E-state index in [0.29, 0.717) is 31.1 Å². The molecule has 0 unspecified atom stereocenters. The standard InChI is InChI=1S/C18H25N3O2S2/c1-14-5-6-15(18(2,3)4)13-16(14)25(22,23)21-10-8-20(9-11-21)17-19-7-12-24-17/h5-7,12-13H,8-11H2,1-4H3. The number of sulfonamides is 1. The zero-order valence-electron chi connectivity index (χ0n) is 15.2. The van der Waals surface area contributed by atoms with E-state index in [1.54, 1.807) is 21.8 Å². The van der Waals surface area contributed by atoms with Crippen LogP contribution in [0.2, 0.25) is 0 Å². The highest BCUT2D eigenvalue weighted by Crippen LogP contribution is 2.29. The topological polar surface area (TPSA) is 53.5 Å². The minimum absolute atomic E-state index is 0.0818. The van der Waals surface area contributed by atoms with Crippen LogP contribution in [0.25, 0.3) is 0 Å². The fourth-order valence-corrected chi connectivity index (χ4v) is 5.35. The second-order valence-electron chi connectivity index (χ2n) is 7.44. The van der Waals surface area contributed by atoms with Crippen LogP contribution in [0.4, 0.5) is 5.13 Å². The van der Waals surface area contributed by atoms with Crippen LogP contribution in [0.15, 0.2) is 34.7 Å². The van der Waals surface area contributed by atoms with Gasteiger partial charge in [-0.05, 0) is 29.5 Å². The Morgan fingerprint density at radius 3 is 2.36 bits per heavy atom. The number of aromatic nitrogens is 1. The van der Waals surface area contributed by atoms with Crippen LogP contribution >= 0.6 is 11.3 Å². The molecule has 2 aromatic rings. The van der Waals surface area contributed by atoms with Crippen LogP contribution in [0, 0.1) is 6.92 Å². The van der Waals surface area contributed by atoms with E-state index in [2.05, 4.69) is 30.7 Å². The maximum absolute atomic E-state index is 13.2. The summed E-state index contributed by atoms with van der Waals surface area (Å²) in [6.07, 6.45) is 1.78. The molecule has 2 heterocycles. The number of nitrogens with zero attached hydrogens (tertiary/aromatic N) is 3. The number of rotatable bonds is 3. The Balaban J connectivity index is 1.83. The lowest BCUT2D eigenvalue weighted by atomic mass is 9.87. The minimum atomic E-state index is -3.48. The number of aryl methyl sites for hydroxylation is 1. The minimum Gasteiger partial charge on any atom is -0.345 e. The van der Waals surface area contributed by atoms with Gasteiger partial charge in [-0.3, -0.25) is 0 Å². The molecule has 136 valence electrons. The van der Waals surface area contributed by atoms with E-state index in [1.165, 1.54) is 0 Å². The molecule has 1 aromatic carbocycles. The Bertz CT molecular complexity index is 832. The molecule has 0 bridgehead atoms. The van der Waals surface area contributed by atoms with Crippen molar-refractivity contribution in [3.05, 3.63) is 40.9 Å². The fourth-order valence-electron chi connectivity index (χ4n) is 2.98. The highest BCUT2D eigenvalue weighted by molar-refractivity contribution is 7.89. The molecule has 1 fully saturated rings. The maximum atomic E-state index is 13.2. The summed E-state index contributed by atoms with van der Waals surface area (Å²) in [5.41, 5.74) is 1.76. The third-order valence-corrected chi connectivity index (χ3v) is 7.47. The molecule has 7 heteroatoms. The molecule has 0 amide bonds. The van der Waals surface area contributed by atoms with Crippen molar-refractivity contribution in [1.82, 2.24) is 9.29 Å². The molecule has 1 saturated heterocycles. The fraction of sp³-hybridized carbons (Fsp3) is 0.500. The number of benzene rings is 1. The van der Waals surface area contributed by atoms with Crippen LogP contribution < -0.4 is 4.90 Å². The van der Waals surface area contributed by atoms with E-state index in [-0.39, 0.29) is 5.41 Å². The Morgan fingerprint density at radius 2 is 1.80 bits per heavy atom. The first kappa shape index (κ1) is 18.4. The molecular weight excluding hydrogens is 354 g/mol. The molecule has 0 saturated carbocycles. The Labute approximate surface area is 154 Å². The summed E-state index contributed by atoms with van der Waals surface area (Å²) in [5, 5.41) is 2.91. The van der Waals surface area contributed by atoms with Gasteiger partial charge in [-0.25, -0.2) is 13.4 Å². The molecule has 0 aliphatic carbocycles. The third-order valence-electron chi connectivity index (χ3n) is 4.60. The second-order valence-corrected chi connectivity index (χ2v) is 10.2. The molecule has 1 aliphatic rings. The highest BCUT2D eigenvalue weighted by atomic mass is 32.2. The van der Waals surface area contributed by atoms with Gasteiger partial charge in [0.15, 0.2) is 5.13 Å². The zero-order valence-corrected chi connectivity index (χ0v) is 16.8. The van der Waals surface area contributed by atoms with Crippen molar-refractivity contribution in [2.75, 3.05) is 31.1 Å². The van der Waals surface area contributed by atoms with Crippen LogP contribution in [-0.2, 0) is 15.4 Å². The van der Waals surface area contributed by atoms with E-state index in [1.807, 2.05) is 30.5 Å². The lowest BCUT2D eigenvalue weighted by Crippen LogP contribution is -2.48. The van der Waals surface area contributed by atoms with E-state index < -0.39 is 10.0 Å². The van der Waals surface area contributed by atoms with Crippen LogP contribution in [0.5, 0.6) is 0 Å². The Kier molecular flexibility index (Phi) is 4.92. The van der Waals surface area contributed by atoms with E-state index >= 15 is 0 Å². The van der Waals surface area contributed by atoms with Gasteiger partial charge in [0.2, 0.25) is 10.0 Å². The van der Waals surface area contributed by atoms with Gasteiger partial charge in [-0.1, -0.05) is 32.9 Å². The molecule has 25 heavy (non-hydrogen) atoms. The number of hydrogen-bond acceptors (Lipinski definition) is 5. The molecule has 0 radical (unpaired) electrons. The summed E-state index contributed by atoms with van der Waals surface area (Å²) < 4.78 is 28.0. The molecule has 0 N–H and O–H groups in total. The van der Waals surface area contributed by atoms with Gasteiger partial charge >= 0.3 is 0 Å². The van der Waals surface area contributed by atoms with Gasteiger partial charge < -0.3 is 4.90 Å². The average molecular weight is 380 g/mol. The SMILES string of the molecule is Cc1ccc(C(C)(C)C)cc1S(=O)(=O)N1CCN(c2nccs2)CC1. The molecule has 3 rings (SSSR count). The predicted molar refractivity (Wildman–Crippen MR) is 103 cm³/mol. The first-order valence-corrected chi connectivity index (χ1v) is 10.8. The molecule has 5 nitrogen and oxygen atoms in total. The average Bonchev–Trinajstić information content (AvgIpc) is 3.08. The van der Waals surface area contributed by atoms with Crippen molar-refractivity contribution in [3.8, 4) is 0 Å². The predicted octanol–water partition coefficient (Wildman–Crippen LogP) is 3.26. The number of hydrogen-bond donors (Lipinski definition) is 0. The van der Waals surface area contributed by atoms with Crippen molar-refractivity contribution in [2.45, 2.75) is 38.0 Å². The van der Waals surface area contributed by atoms with Crippen molar-refractivity contribution >= 4 is 26.5 Å². The first-order chi connectivity index (χ1) is 11.7. The largest absolute Gasteiger partial charge is 0.345 e. The van der Waals surface area contributed by atoms with Crippen LogP contribution in [0.1, 0.15) is 31.9 Å². The number of thiazole rings is 1. The smallest absolute Gasteiger partial charge is 0.243 e. The summed E-state index contributed by atoms with van der Waals surface area (Å²) in [6, 6.07) is 5.78. The Hall–Kier alpha value is -1.44. The molecule has 1 aromatic heterocycles. The van der Waals surface area contributed by atoms with Crippen LogP contribution in [-0.4, -0.2) is 43.9 Å². The summed E-state index contributed by atoms with van der Waals surface area (Å²) in [5.74, 6) is 0. The van der Waals surface area contributed by atoms with Gasteiger partial charge in [0.25, 0.3) is 0 Å². The lowest BCUT2D eigenvalue weighted by molar-refractivity contribution is 0.384.